The fraction of sp³-hybridized carbons (Fsp3) is 0.765. The molecule has 0 saturated carbocycles. The van der Waals surface area contributed by atoms with Crippen molar-refractivity contribution >= 4 is 32.0 Å². The zero-order chi connectivity index (χ0) is 20.2. The van der Waals surface area contributed by atoms with Gasteiger partial charge in [0, 0.05) is 0 Å². The second-order valence-electron chi connectivity index (χ2n) is 6.79. The summed E-state index contributed by atoms with van der Waals surface area (Å²) in [5.41, 5.74) is 6.38. The number of unbranched alkanes of at least 4 members (excludes halogenated alkanes) is 9. The largest absolute Gasteiger partial charge is 0.466 e. The zero-order valence-corrected chi connectivity index (χ0v) is 16.9. The lowest BCUT2D eigenvalue weighted by Crippen LogP contribution is -2.50. The van der Waals surface area contributed by atoms with Crippen LogP contribution < -0.4 is 5.73 Å². The SMILES string of the molecule is CCCCCCCCCCCCC1(N)N=CN=C2N=CN=C21.O=P(O)(O)O. The van der Waals surface area contributed by atoms with Gasteiger partial charge in [-0.1, -0.05) is 64.7 Å². The molecule has 0 spiro atoms. The van der Waals surface area contributed by atoms with Gasteiger partial charge in [0.1, 0.15) is 18.4 Å². The second-order valence-corrected chi connectivity index (χ2v) is 7.82. The van der Waals surface area contributed by atoms with Crippen molar-refractivity contribution < 1.29 is 19.2 Å². The molecule has 0 saturated heterocycles. The summed E-state index contributed by atoms with van der Waals surface area (Å²) in [4.78, 5) is 38.3. The van der Waals surface area contributed by atoms with E-state index in [0.29, 0.717) is 5.84 Å². The van der Waals surface area contributed by atoms with E-state index in [1.54, 1.807) is 0 Å². The van der Waals surface area contributed by atoms with Gasteiger partial charge in [-0.25, -0.2) is 24.5 Å². The van der Waals surface area contributed by atoms with Crippen molar-refractivity contribution in [3.63, 3.8) is 0 Å². The van der Waals surface area contributed by atoms with Gasteiger partial charge in [0.15, 0.2) is 11.5 Å². The number of hydrogen-bond donors (Lipinski definition) is 4. The van der Waals surface area contributed by atoms with Crippen molar-refractivity contribution in [3.05, 3.63) is 0 Å². The number of amidine groups is 1. The van der Waals surface area contributed by atoms with Crippen molar-refractivity contribution in [2.75, 3.05) is 0 Å². The minimum atomic E-state index is -4.64. The molecule has 2 heterocycles. The number of fused-ring (bicyclic) bond motifs is 1. The molecule has 0 radical (unpaired) electrons. The van der Waals surface area contributed by atoms with Crippen molar-refractivity contribution in [2.24, 2.45) is 25.7 Å². The molecule has 1 atom stereocenters. The lowest BCUT2D eigenvalue weighted by Gasteiger charge is -2.26. The second kappa shape index (κ2) is 12.3. The molecule has 27 heavy (non-hydrogen) atoms. The van der Waals surface area contributed by atoms with E-state index in [0.717, 1.165) is 18.6 Å². The first kappa shape index (κ1) is 23.8. The van der Waals surface area contributed by atoms with Gasteiger partial charge in [-0.05, 0) is 12.8 Å². The van der Waals surface area contributed by atoms with Crippen LogP contribution in [-0.2, 0) is 4.57 Å². The third-order valence-electron chi connectivity index (χ3n) is 4.37. The molecule has 0 bridgehead atoms. The van der Waals surface area contributed by atoms with Gasteiger partial charge in [-0.2, -0.15) is 0 Å². The fourth-order valence-electron chi connectivity index (χ4n) is 2.97. The first-order valence-electron chi connectivity index (χ1n) is 9.56. The van der Waals surface area contributed by atoms with E-state index in [-0.39, 0.29) is 0 Å². The van der Waals surface area contributed by atoms with Crippen LogP contribution in [0.1, 0.15) is 77.6 Å². The van der Waals surface area contributed by atoms with Crippen molar-refractivity contribution in [2.45, 2.75) is 83.2 Å². The quantitative estimate of drug-likeness (QED) is 0.310. The number of hydrogen-bond acceptors (Lipinski definition) is 6. The molecule has 9 nitrogen and oxygen atoms in total. The Morgan fingerprint density at radius 2 is 1.44 bits per heavy atom. The number of nitrogens with two attached hydrogens (primary N) is 1. The topological polar surface area (TPSA) is 153 Å². The van der Waals surface area contributed by atoms with E-state index in [9.17, 15) is 0 Å². The number of aliphatic imine (C=N–C) groups is 4. The fourth-order valence-corrected chi connectivity index (χ4v) is 2.97. The van der Waals surface area contributed by atoms with Gasteiger partial charge in [0.2, 0.25) is 0 Å². The highest BCUT2D eigenvalue weighted by Gasteiger charge is 2.36. The molecule has 2 rings (SSSR count). The zero-order valence-electron chi connectivity index (χ0n) is 16.0. The standard InChI is InChI=1S/C17H29N5.H3O4P/c1-2-3-4-5-6-7-8-9-10-11-12-17(18)15-16(20-13-19-15)21-14-22-17;1-5(2,3)4/h13-14H,2-12,18H2,1H3;(H3,1,2,3,4). The van der Waals surface area contributed by atoms with Crippen LogP contribution in [0.3, 0.4) is 0 Å². The third kappa shape index (κ3) is 10.6. The molecule has 10 heteroatoms. The highest BCUT2D eigenvalue weighted by Crippen LogP contribution is 2.26. The maximum atomic E-state index is 8.88. The normalized spacial score (nSPS) is 20.6. The lowest BCUT2D eigenvalue weighted by molar-refractivity contribution is 0.275. The van der Waals surface area contributed by atoms with E-state index >= 15 is 0 Å². The molecular weight excluding hydrogens is 369 g/mol. The third-order valence-corrected chi connectivity index (χ3v) is 4.37. The van der Waals surface area contributed by atoms with E-state index in [2.05, 4.69) is 26.9 Å². The Labute approximate surface area is 160 Å². The minimum absolute atomic E-state index is 0.629. The van der Waals surface area contributed by atoms with Gasteiger partial charge in [0.25, 0.3) is 0 Å². The first-order chi connectivity index (χ1) is 12.8. The van der Waals surface area contributed by atoms with Gasteiger partial charge in [0.05, 0.1) is 0 Å². The van der Waals surface area contributed by atoms with Crippen LogP contribution in [0, 0.1) is 0 Å². The molecule has 1 unspecified atom stereocenters. The Hall–Kier alpha value is -1.25. The number of nitrogens with zero attached hydrogens (tertiary/aromatic N) is 4. The average Bonchev–Trinajstić information content (AvgIpc) is 3.06. The van der Waals surface area contributed by atoms with Gasteiger partial charge in [-0.3, -0.25) is 0 Å². The van der Waals surface area contributed by atoms with E-state index in [4.69, 9.17) is 25.0 Å². The lowest BCUT2D eigenvalue weighted by atomic mass is 9.95. The highest BCUT2D eigenvalue weighted by molar-refractivity contribution is 7.45. The van der Waals surface area contributed by atoms with Crippen molar-refractivity contribution in [1.29, 1.82) is 0 Å². The Morgan fingerprint density at radius 1 is 0.926 bits per heavy atom. The molecule has 0 aromatic carbocycles. The smallest absolute Gasteiger partial charge is 0.303 e. The molecular formula is C17H32N5O4P. The van der Waals surface area contributed by atoms with Crippen LogP contribution in [0.25, 0.3) is 0 Å². The Bertz CT molecular complexity index is 606. The highest BCUT2D eigenvalue weighted by atomic mass is 31.2. The van der Waals surface area contributed by atoms with Crippen LogP contribution >= 0.6 is 7.82 Å². The molecule has 0 amide bonds. The summed E-state index contributed by atoms with van der Waals surface area (Å²) in [7, 11) is -4.64. The summed E-state index contributed by atoms with van der Waals surface area (Å²) in [6, 6.07) is 0. The Balaban J connectivity index is 0.000000646. The molecule has 0 fully saturated rings. The summed E-state index contributed by atoms with van der Waals surface area (Å²) in [6.07, 6.45) is 17.0. The predicted octanol–water partition coefficient (Wildman–Crippen LogP) is 2.95. The van der Waals surface area contributed by atoms with Gasteiger partial charge < -0.3 is 20.4 Å². The Morgan fingerprint density at radius 3 is 2.00 bits per heavy atom. The summed E-state index contributed by atoms with van der Waals surface area (Å²) in [5.74, 6) is 0.629. The molecule has 0 aliphatic carbocycles. The Kier molecular flexibility index (Phi) is 10.8. The molecule has 0 aromatic heterocycles. The monoisotopic (exact) mass is 401 g/mol. The van der Waals surface area contributed by atoms with E-state index in [1.165, 1.54) is 70.5 Å². The molecule has 154 valence electrons. The minimum Gasteiger partial charge on any atom is -0.303 e. The van der Waals surface area contributed by atoms with Gasteiger partial charge >= 0.3 is 7.82 Å². The van der Waals surface area contributed by atoms with E-state index < -0.39 is 13.5 Å². The molecule has 2 aliphatic rings. The van der Waals surface area contributed by atoms with Crippen molar-refractivity contribution in [3.8, 4) is 0 Å². The summed E-state index contributed by atoms with van der Waals surface area (Å²) in [6.45, 7) is 2.26. The number of phosphoric acid groups is 1. The van der Waals surface area contributed by atoms with Crippen molar-refractivity contribution in [1.82, 2.24) is 0 Å². The summed E-state index contributed by atoms with van der Waals surface area (Å²) < 4.78 is 8.88. The van der Waals surface area contributed by atoms with E-state index in [1.807, 2.05) is 0 Å². The summed E-state index contributed by atoms with van der Waals surface area (Å²) in [5, 5.41) is 0. The van der Waals surface area contributed by atoms with Crippen LogP contribution in [0.4, 0.5) is 0 Å². The first-order valence-corrected chi connectivity index (χ1v) is 11.1. The maximum absolute atomic E-state index is 8.88. The maximum Gasteiger partial charge on any atom is 0.466 e. The molecule has 0 aromatic rings. The molecule has 5 N–H and O–H groups in total. The average molecular weight is 401 g/mol. The number of rotatable bonds is 11. The summed E-state index contributed by atoms with van der Waals surface area (Å²) >= 11 is 0. The van der Waals surface area contributed by atoms with Crippen LogP contribution in [0.15, 0.2) is 20.0 Å². The predicted molar refractivity (Wildman–Crippen MR) is 109 cm³/mol. The van der Waals surface area contributed by atoms with Crippen LogP contribution in [0.5, 0.6) is 0 Å². The molecule has 2 aliphatic heterocycles. The van der Waals surface area contributed by atoms with Crippen LogP contribution in [0.2, 0.25) is 0 Å². The van der Waals surface area contributed by atoms with Crippen LogP contribution in [-0.4, -0.2) is 44.6 Å². The van der Waals surface area contributed by atoms with Gasteiger partial charge in [-0.15, -0.1) is 0 Å².